The summed E-state index contributed by atoms with van der Waals surface area (Å²) in [6.45, 7) is 3.12. The number of carbonyl (C=O) groups excluding carboxylic acids is 1. The van der Waals surface area contributed by atoms with Crippen molar-refractivity contribution in [1.29, 1.82) is 0 Å². The summed E-state index contributed by atoms with van der Waals surface area (Å²) in [5.74, 6) is -0.145. The number of hydrogen-bond donors (Lipinski definition) is 0. The van der Waals surface area contributed by atoms with Gasteiger partial charge in [-0.1, -0.05) is 29.3 Å². The molecular formula is C18H15Cl2F3O4. The molecule has 0 unspecified atom stereocenters. The van der Waals surface area contributed by atoms with Crippen LogP contribution in [0.25, 0.3) is 0 Å². The number of esters is 1. The van der Waals surface area contributed by atoms with Gasteiger partial charge >= 0.3 is 12.1 Å². The summed E-state index contributed by atoms with van der Waals surface area (Å²) in [6.07, 6.45) is -4.84. The van der Waals surface area contributed by atoms with E-state index in [4.69, 9.17) is 37.4 Å². The number of benzene rings is 2. The molecule has 9 heteroatoms. The summed E-state index contributed by atoms with van der Waals surface area (Å²) in [5.41, 5.74) is -0.981. The van der Waals surface area contributed by atoms with Crippen LogP contribution in [0.2, 0.25) is 10.0 Å². The molecule has 0 aromatic heterocycles. The second kappa shape index (κ2) is 8.71. The molecule has 146 valence electrons. The highest BCUT2D eigenvalue weighted by Gasteiger charge is 2.32. The van der Waals surface area contributed by atoms with Crippen LogP contribution in [0.15, 0.2) is 36.4 Å². The minimum Gasteiger partial charge on any atom is -0.482 e. The van der Waals surface area contributed by atoms with Crippen LogP contribution in [-0.2, 0) is 15.7 Å². The predicted molar refractivity (Wildman–Crippen MR) is 94.7 cm³/mol. The number of ether oxygens (including phenoxy) is 3. The van der Waals surface area contributed by atoms with Crippen LogP contribution in [0.4, 0.5) is 13.2 Å². The van der Waals surface area contributed by atoms with Crippen LogP contribution in [0.3, 0.4) is 0 Å². The van der Waals surface area contributed by atoms with E-state index in [1.165, 1.54) is 12.1 Å². The first kappa shape index (κ1) is 21.2. The van der Waals surface area contributed by atoms with Crippen molar-refractivity contribution in [3.8, 4) is 17.2 Å². The fourth-order valence-electron chi connectivity index (χ4n) is 2.01. The van der Waals surface area contributed by atoms with Gasteiger partial charge in [0.25, 0.3) is 0 Å². The van der Waals surface area contributed by atoms with Crippen molar-refractivity contribution in [2.24, 2.45) is 0 Å². The van der Waals surface area contributed by atoms with Gasteiger partial charge in [-0.2, -0.15) is 13.2 Å². The predicted octanol–water partition coefficient (Wildman–Crippen LogP) is 6.13. The third-order valence-electron chi connectivity index (χ3n) is 3.07. The molecule has 0 aliphatic carbocycles. The highest BCUT2D eigenvalue weighted by molar-refractivity contribution is 6.37. The molecule has 0 heterocycles. The molecule has 0 saturated heterocycles. The van der Waals surface area contributed by atoms with Crippen LogP contribution in [0.1, 0.15) is 19.4 Å². The lowest BCUT2D eigenvalue weighted by molar-refractivity contribution is -0.149. The maximum absolute atomic E-state index is 12.8. The molecule has 0 amide bonds. The number of carbonyl (C=O) groups is 1. The van der Waals surface area contributed by atoms with Crippen molar-refractivity contribution >= 4 is 29.2 Å². The van der Waals surface area contributed by atoms with E-state index in [0.29, 0.717) is 5.75 Å². The van der Waals surface area contributed by atoms with Crippen molar-refractivity contribution < 1.29 is 32.2 Å². The SMILES string of the molecule is CC(C)OC(=O)COc1cccc(Oc2c(Cl)cc(C(F)(F)F)cc2Cl)c1. The number of rotatable bonds is 6. The second-order valence-corrected chi connectivity index (χ2v) is 6.49. The molecule has 0 atom stereocenters. The van der Waals surface area contributed by atoms with E-state index in [0.717, 1.165) is 12.1 Å². The molecule has 0 saturated carbocycles. The molecule has 0 radical (unpaired) electrons. The van der Waals surface area contributed by atoms with Crippen LogP contribution >= 0.6 is 23.2 Å². The summed E-state index contributed by atoms with van der Waals surface area (Å²) < 4.78 is 54.1. The average Bonchev–Trinajstić information content (AvgIpc) is 2.55. The molecule has 0 aliphatic heterocycles. The fourth-order valence-corrected chi connectivity index (χ4v) is 2.57. The summed E-state index contributed by atoms with van der Waals surface area (Å²) in [5, 5.41) is -0.580. The van der Waals surface area contributed by atoms with Gasteiger partial charge in [-0.15, -0.1) is 0 Å². The van der Waals surface area contributed by atoms with E-state index in [1.807, 2.05) is 0 Å². The summed E-state index contributed by atoms with van der Waals surface area (Å²) in [4.78, 5) is 11.5. The normalized spacial score (nSPS) is 11.4. The summed E-state index contributed by atoms with van der Waals surface area (Å²) in [7, 11) is 0. The quantitative estimate of drug-likeness (QED) is 0.524. The lowest BCUT2D eigenvalue weighted by Crippen LogP contribution is -2.18. The Bertz CT molecular complexity index is 799. The van der Waals surface area contributed by atoms with Crippen molar-refractivity contribution in [1.82, 2.24) is 0 Å². The Balaban J connectivity index is 2.13. The van der Waals surface area contributed by atoms with E-state index in [9.17, 15) is 18.0 Å². The molecule has 0 fully saturated rings. The Hall–Kier alpha value is -2.12. The maximum Gasteiger partial charge on any atom is 0.416 e. The van der Waals surface area contributed by atoms with E-state index in [-0.39, 0.29) is 34.3 Å². The molecule has 2 aromatic carbocycles. The minimum absolute atomic E-state index is 0.122. The van der Waals surface area contributed by atoms with E-state index in [2.05, 4.69) is 0 Å². The van der Waals surface area contributed by atoms with Gasteiger partial charge in [-0.05, 0) is 38.1 Å². The van der Waals surface area contributed by atoms with Gasteiger partial charge in [0.2, 0.25) is 0 Å². The van der Waals surface area contributed by atoms with Gasteiger partial charge in [0.15, 0.2) is 12.4 Å². The van der Waals surface area contributed by atoms with Crippen molar-refractivity contribution in [2.75, 3.05) is 6.61 Å². The number of hydrogen-bond acceptors (Lipinski definition) is 4. The monoisotopic (exact) mass is 422 g/mol. The average molecular weight is 423 g/mol. The topological polar surface area (TPSA) is 44.8 Å². The third-order valence-corrected chi connectivity index (χ3v) is 3.64. The zero-order valence-corrected chi connectivity index (χ0v) is 15.8. The van der Waals surface area contributed by atoms with Gasteiger partial charge < -0.3 is 14.2 Å². The van der Waals surface area contributed by atoms with Crippen molar-refractivity contribution in [3.63, 3.8) is 0 Å². The first-order valence-corrected chi connectivity index (χ1v) is 8.48. The molecule has 0 bridgehead atoms. The van der Waals surface area contributed by atoms with E-state index >= 15 is 0 Å². The second-order valence-electron chi connectivity index (χ2n) is 5.67. The summed E-state index contributed by atoms with van der Waals surface area (Å²) in [6, 6.07) is 7.57. The molecule has 2 aromatic rings. The largest absolute Gasteiger partial charge is 0.482 e. The molecule has 0 spiro atoms. The zero-order chi connectivity index (χ0) is 20.2. The van der Waals surface area contributed by atoms with Gasteiger partial charge in [-0.25, -0.2) is 4.79 Å². The van der Waals surface area contributed by atoms with Crippen molar-refractivity contribution in [3.05, 3.63) is 52.0 Å². The molecule has 27 heavy (non-hydrogen) atoms. The lowest BCUT2D eigenvalue weighted by Gasteiger charge is -2.14. The Kier molecular flexibility index (Phi) is 6.84. The standard InChI is InChI=1S/C18H15Cl2F3O4/c1-10(2)26-16(24)9-25-12-4-3-5-13(8-12)27-17-14(19)6-11(7-15(17)20)18(21,22)23/h3-8,10H,9H2,1-2H3. The fraction of sp³-hybridized carbons (Fsp3) is 0.278. The zero-order valence-electron chi connectivity index (χ0n) is 14.3. The number of halogens is 5. The highest BCUT2D eigenvalue weighted by Crippen LogP contribution is 2.41. The third kappa shape index (κ3) is 6.22. The highest BCUT2D eigenvalue weighted by atomic mass is 35.5. The van der Waals surface area contributed by atoms with E-state index < -0.39 is 17.7 Å². The Morgan fingerprint density at radius 2 is 1.67 bits per heavy atom. The van der Waals surface area contributed by atoms with Gasteiger partial charge in [0.05, 0.1) is 21.7 Å². The van der Waals surface area contributed by atoms with Crippen LogP contribution < -0.4 is 9.47 Å². The summed E-state index contributed by atoms with van der Waals surface area (Å²) >= 11 is 11.8. The molecular weight excluding hydrogens is 408 g/mol. The molecule has 4 nitrogen and oxygen atoms in total. The van der Waals surface area contributed by atoms with Gasteiger partial charge in [0.1, 0.15) is 11.5 Å². The van der Waals surface area contributed by atoms with Crippen molar-refractivity contribution in [2.45, 2.75) is 26.1 Å². The van der Waals surface area contributed by atoms with Crippen LogP contribution in [0.5, 0.6) is 17.2 Å². The first-order chi connectivity index (χ1) is 12.6. The van der Waals surface area contributed by atoms with E-state index in [1.54, 1.807) is 26.0 Å². The number of alkyl halides is 3. The smallest absolute Gasteiger partial charge is 0.416 e. The molecule has 0 aliphatic rings. The van der Waals surface area contributed by atoms with Gasteiger partial charge in [-0.3, -0.25) is 0 Å². The first-order valence-electron chi connectivity index (χ1n) is 7.72. The van der Waals surface area contributed by atoms with Crippen LogP contribution in [-0.4, -0.2) is 18.7 Å². The van der Waals surface area contributed by atoms with Gasteiger partial charge in [0, 0.05) is 6.07 Å². The Labute approximate surface area is 163 Å². The lowest BCUT2D eigenvalue weighted by atomic mass is 10.2. The van der Waals surface area contributed by atoms with Crippen LogP contribution in [0, 0.1) is 0 Å². The molecule has 0 N–H and O–H groups in total. The Morgan fingerprint density at radius 3 is 2.22 bits per heavy atom. The maximum atomic E-state index is 12.8. The molecule has 2 rings (SSSR count). The minimum atomic E-state index is -4.58. The Morgan fingerprint density at radius 1 is 1.07 bits per heavy atom.